The van der Waals surface area contributed by atoms with Gasteiger partial charge in [0, 0.05) is 6.54 Å². The van der Waals surface area contributed by atoms with Gasteiger partial charge in [0.1, 0.15) is 10.6 Å². The van der Waals surface area contributed by atoms with Crippen LogP contribution >= 0.6 is 0 Å². The highest BCUT2D eigenvalue weighted by molar-refractivity contribution is 7.93. The summed E-state index contributed by atoms with van der Waals surface area (Å²) >= 11 is 0. The van der Waals surface area contributed by atoms with Gasteiger partial charge < -0.3 is 4.74 Å². The minimum absolute atomic E-state index is 0.174. The monoisotopic (exact) mass is 291 g/mol. The average molecular weight is 291 g/mol. The minimum atomic E-state index is -3.64. The van der Waals surface area contributed by atoms with Crippen LogP contribution in [0.4, 0.5) is 5.69 Å². The maximum Gasteiger partial charge on any atom is 0.268 e. The van der Waals surface area contributed by atoms with E-state index >= 15 is 0 Å². The third-order valence-corrected chi connectivity index (χ3v) is 4.91. The van der Waals surface area contributed by atoms with Crippen LogP contribution in [-0.4, -0.2) is 22.1 Å². The zero-order valence-corrected chi connectivity index (χ0v) is 12.3. The zero-order chi connectivity index (χ0) is 14.6. The van der Waals surface area contributed by atoms with Crippen molar-refractivity contribution in [2.75, 3.05) is 18.0 Å². The number of ether oxygens (including phenoxy) is 1. The van der Waals surface area contributed by atoms with Gasteiger partial charge in [0.05, 0.1) is 12.8 Å². The molecule has 0 saturated heterocycles. The van der Waals surface area contributed by atoms with E-state index in [9.17, 15) is 8.42 Å². The summed E-state index contributed by atoms with van der Waals surface area (Å²) in [6.45, 7) is 2.16. The standard InChI is InChI=1S/C15H17NO3S/c1-3-16(13-9-5-4-6-10-13)20(17,18)15-12-8-7-11-14(15)19-2/h4-12H,3H2,1-2H3. The van der Waals surface area contributed by atoms with Crippen LogP contribution in [0.3, 0.4) is 0 Å². The Morgan fingerprint density at radius 3 is 2.20 bits per heavy atom. The number of para-hydroxylation sites is 2. The molecule has 2 rings (SSSR count). The van der Waals surface area contributed by atoms with Crippen LogP contribution < -0.4 is 9.04 Å². The molecule has 0 saturated carbocycles. The van der Waals surface area contributed by atoms with E-state index in [1.807, 2.05) is 18.2 Å². The van der Waals surface area contributed by atoms with Gasteiger partial charge >= 0.3 is 0 Å². The predicted octanol–water partition coefficient (Wildman–Crippen LogP) is 2.91. The molecule has 0 radical (unpaired) electrons. The van der Waals surface area contributed by atoms with Gasteiger partial charge in [-0.2, -0.15) is 0 Å². The first kappa shape index (κ1) is 14.4. The van der Waals surface area contributed by atoms with Crippen LogP contribution in [0.5, 0.6) is 5.75 Å². The second-order valence-corrected chi connectivity index (χ2v) is 5.99. The fourth-order valence-electron chi connectivity index (χ4n) is 2.04. The van der Waals surface area contributed by atoms with Gasteiger partial charge in [0.15, 0.2) is 0 Å². The van der Waals surface area contributed by atoms with E-state index in [1.165, 1.54) is 11.4 Å². The molecule has 0 aliphatic rings. The molecule has 5 heteroatoms. The first-order valence-corrected chi connectivity index (χ1v) is 7.76. The molecular weight excluding hydrogens is 274 g/mol. The van der Waals surface area contributed by atoms with E-state index < -0.39 is 10.0 Å². The van der Waals surface area contributed by atoms with Gasteiger partial charge in [-0.05, 0) is 31.2 Å². The fraction of sp³-hybridized carbons (Fsp3) is 0.200. The van der Waals surface area contributed by atoms with Crippen molar-refractivity contribution >= 4 is 15.7 Å². The summed E-state index contributed by atoms with van der Waals surface area (Å²) in [5, 5.41) is 0. The molecule has 2 aromatic carbocycles. The first-order chi connectivity index (χ1) is 9.61. The van der Waals surface area contributed by atoms with Crippen molar-refractivity contribution < 1.29 is 13.2 Å². The highest BCUT2D eigenvalue weighted by atomic mass is 32.2. The number of benzene rings is 2. The van der Waals surface area contributed by atoms with E-state index in [0.717, 1.165) is 0 Å². The lowest BCUT2D eigenvalue weighted by atomic mass is 10.3. The third-order valence-electron chi connectivity index (χ3n) is 2.97. The largest absolute Gasteiger partial charge is 0.495 e. The number of hydrogen-bond acceptors (Lipinski definition) is 3. The van der Waals surface area contributed by atoms with Gasteiger partial charge in [0.25, 0.3) is 10.0 Å². The van der Waals surface area contributed by atoms with Crippen LogP contribution in [-0.2, 0) is 10.0 Å². The zero-order valence-electron chi connectivity index (χ0n) is 11.5. The fourth-order valence-corrected chi connectivity index (χ4v) is 3.67. The maximum atomic E-state index is 12.8. The number of methoxy groups -OCH3 is 1. The predicted molar refractivity (Wildman–Crippen MR) is 79.6 cm³/mol. The van der Waals surface area contributed by atoms with Gasteiger partial charge in [-0.3, -0.25) is 4.31 Å². The maximum absolute atomic E-state index is 12.8. The number of hydrogen-bond donors (Lipinski definition) is 0. The van der Waals surface area contributed by atoms with Gasteiger partial charge in [-0.15, -0.1) is 0 Å². The van der Waals surface area contributed by atoms with Crippen LogP contribution in [0.15, 0.2) is 59.5 Å². The van der Waals surface area contributed by atoms with E-state index in [0.29, 0.717) is 18.0 Å². The Labute approximate surface area is 119 Å². The van der Waals surface area contributed by atoms with Crippen LogP contribution in [0, 0.1) is 0 Å². The smallest absolute Gasteiger partial charge is 0.268 e. The van der Waals surface area contributed by atoms with E-state index in [4.69, 9.17) is 4.74 Å². The van der Waals surface area contributed by atoms with E-state index in [1.54, 1.807) is 43.3 Å². The second kappa shape index (κ2) is 5.96. The molecular formula is C15H17NO3S. The molecule has 0 atom stereocenters. The van der Waals surface area contributed by atoms with Crippen molar-refractivity contribution in [2.24, 2.45) is 0 Å². The molecule has 0 fully saturated rings. The number of rotatable bonds is 5. The SMILES string of the molecule is CCN(c1ccccc1)S(=O)(=O)c1ccccc1OC. The molecule has 2 aromatic rings. The molecule has 0 aliphatic heterocycles. The summed E-state index contributed by atoms with van der Waals surface area (Å²) < 4.78 is 32.1. The molecule has 0 heterocycles. The number of anilines is 1. The van der Waals surface area contributed by atoms with Crippen molar-refractivity contribution in [3.8, 4) is 5.75 Å². The summed E-state index contributed by atoms with van der Waals surface area (Å²) in [5.41, 5.74) is 0.640. The average Bonchev–Trinajstić information content (AvgIpc) is 2.48. The normalized spacial score (nSPS) is 11.1. The molecule has 106 valence electrons. The molecule has 0 spiro atoms. The van der Waals surface area contributed by atoms with Crippen molar-refractivity contribution in [1.29, 1.82) is 0 Å². The van der Waals surface area contributed by atoms with Crippen LogP contribution in [0.1, 0.15) is 6.92 Å². The second-order valence-electron chi connectivity index (χ2n) is 4.16. The summed E-state index contributed by atoms with van der Waals surface area (Å²) in [6.07, 6.45) is 0. The highest BCUT2D eigenvalue weighted by Gasteiger charge is 2.26. The molecule has 0 bridgehead atoms. The Bertz CT molecular complexity index is 669. The molecule has 0 aliphatic carbocycles. The van der Waals surface area contributed by atoms with Crippen molar-refractivity contribution in [1.82, 2.24) is 0 Å². The van der Waals surface area contributed by atoms with Gasteiger partial charge in [-0.25, -0.2) is 8.42 Å². The quantitative estimate of drug-likeness (QED) is 0.851. The lowest BCUT2D eigenvalue weighted by molar-refractivity contribution is 0.402. The van der Waals surface area contributed by atoms with E-state index in [-0.39, 0.29) is 4.90 Å². The van der Waals surface area contributed by atoms with Gasteiger partial charge in [0.2, 0.25) is 0 Å². The lowest BCUT2D eigenvalue weighted by Crippen LogP contribution is -2.31. The molecule has 4 nitrogen and oxygen atoms in total. The van der Waals surface area contributed by atoms with Gasteiger partial charge in [-0.1, -0.05) is 30.3 Å². The molecule has 0 unspecified atom stereocenters. The molecule has 20 heavy (non-hydrogen) atoms. The summed E-state index contributed by atoms with van der Waals surface area (Å²) in [5.74, 6) is 0.349. The summed E-state index contributed by atoms with van der Waals surface area (Å²) in [7, 11) is -2.17. The minimum Gasteiger partial charge on any atom is -0.495 e. The summed E-state index contributed by atoms with van der Waals surface area (Å²) in [4.78, 5) is 0.174. The Hall–Kier alpha value is -2.01. The molecule has 0 N–H and O–H groups in total. The molecule has 0 amide bonds. The van der Waals surface area contributed by atoms with Crippen molar-refractivity contribution in [3.63, 3.8) is 0 Å². The highest BCUT2D eigenvalue weighted by Crippen LogP contribution is 2.29. The van der Waals surface area contributed by atoms with E-state index in [2.05, 4.69) is 0 Å². The Kier molecular flexibility index (Phi) is 4.29. The lowest BCUT2D eigenvalue weighted by Gasteiger charge is -2.23. The first-order valence-electron chi connectivity index (χ1n) is 6.32. The van der Waals surface area contributed by atoms with Crippen LogP contribution in [0.2, 0.25) is 0 Å². The Morgan fingerprint density at radius 1 is 1.00 bits per heavy atom. The van der Waals surface area contributed by atoms with Crippen LogP contribution in [0.25, 0.3) is 0 Å². The third kappa shape index (κ3) is 2.63. The Morgan fingerprint density at radius 2 is 1.60 bits per heavy atom. The molecule has 0 aromatic heterocycles. The summed E-state index contributed by atoms with van der Waals surface area (Å²) in [6, 6.07) is 15.7. The van der Waals surface area contributed by atoms with Crippen molar-refractivity contribution in [3.05, 3.63) is 54.6 Å². The topological polar surface area (TPSA) is 46.6 Å². The number of sulfonamides is 1. The van der Waals surface area contributed by atoms with Crippen molar-refractivity contribution in [2.45, 2.75) is 11.8 Å². The Balaban J connectivity index is 2.53. The number of nitrogens with zero attached hydrogens (tertiary/aromatic N) is 1.